The highest BCUT2D eigenvalue weighted by molar-refractivity contribution is 6.00. The number of nitro benzene ring substituents is 1. The van der Waals surface area contributed by atoms with Gasteiger partial charge in [-0.1, -0.05) is 0 Å². The van der Waals surface area contributed by atoms with Crippen molar-refractivity contribution >= 4 is 22.6 Å². The Labute approximate surface area is 82.5 Å². The average molecular weight is 206 g/mol. The Kier molecular flexibility index (Phi) is 1.86. The van der Waals surface area contributed by atoms with Gasteiger partial charge in [0.15, 0.2) is 0 Å². The van der Waals surface area contributed by atoms with Gasteiger partial charge in [0.05, 0.1) is 16.4 Å². The van der Waals surface area contributed by atoms with Crippen LogP contribution in [0, 0.1) is 10.1 Å². The summed E-state index contributed by atoms with van der Waals surface area (Å²) in [6.45, 7) is 0. The minimum Gasteiger partial charge on any atom is -0.543 e. The maximum absolute atomic E-state index is 10.6. The molecule has 0 fully saturated rings. The Morgan fingerprint density at radius 1 is 1.47 bits per heavy atom. The number of aromatic amines is 1. The topological polar surface area (TPSA) is 112 Å². The van der Waals surface area contributed by atoms with Crippen molar-refractivity contribution in [1.82, 2.24) is 10.2 Å². The van der Waals surface area contributed by atoms with Crippen molar-refractivity contribution in [3.05, 3.63) is 34.0 Å². The molecule has 0 bridgehead atoms. The fraction of sp³-hybridized carbons (Fsp3) is 0. The number of H-pyrrole nitrogens is 1. The minimum atomic E-state index is -1.47. The zero-order chi connectivity index (χ0) is 11.0. The Bertz CT molecular complexity index is 560. The molecule has 0 atom stereocenters. The van der Waals surface area contributed by atoms with Crippen LogP contribution in [-0.4, -0.2) is 21.1 Å². The fourth-order valence-corrected chi connectivity index (χ4v) is 1.27. The van der Waals surface area contributed by atoms with Crippen LogP contribution in [0.4, 0.5) is 5.69 Å². The summed E-state index contributed by atoms with van der Waals surface area (Å²) in [6, 6.07) is 3.80. The summed E-state index contributed by atoms with van der Waals surface area (Å²) in [5, 5.41) is 27.2. The van der Waals surface area contributed by atoms with E-state index < -0.39 is 10.9 Å². The van der Waals surface area contributed by atoms with Gasteiger partial charge in [0, 0.05) is 17.5 Å². The van der Waals surface area contributed by atoms with E-state index >= 15 is 0 Å². The van der Waals surface area contributed by atoms with Gasteiger partial charge in [-0.05, 0) is 6.07 Å². The number of nitrogens with zero attached hydrogens (tertiary/aromatic N) is 2. The molecule has 0 aliphatic rings. The number of benzene rings is 1. The summed E-state index contributed by atoms with van der Waals surface area (Å²) in [7, 11) is 0. The molecule has 7 nitrogen and oxygen atoms in total. The van der Waals surface area contributed by atoms with E-state index in [0.29, 0.717) is 5.52 Å². The first kappa shape index (κ1) is 9.13. The monoisotopic (exact) mass is 206 g/mol. The molecule has 1 heterocycles. The van der Waals surface area contributed by atoms with E-state index in [1.807, 2.05) is 0 Å². The predicted molar refractivity (Wildman–Crippen MR) is 47.1 cm³/mol. The third kappa shape index (κ3) is 1.39. The number of carbonyl (C=O) groups excluding carboxylic acids is 1. The molecule has 1 aromatic carbocycles. The van der Waals surface area contributed by atoms with Gasteiger partial charge in [-0.3, -0.25) is 15.2 Å². The van der Waals surface area contributed by atoms with Crippen molar-refractivity contribution in [2.75, 3.05) is 0 Å². The van der Waals surface area contributed by atoms with E-state index in [-0.39, 0.29) is 16.8 Å². The van der Waals surface area contributed by atoms with Crippen LogP contribution in [0.25, 0.3) is 10.9 Å². The van der Waals surface area contributed by atoms with Gasteiger partial charge in [-0.25, -0.2) is 0 Å². The normalized spacial score (nSPS) is 10.4. The largest absolute Gasteiger partial charge is 0.543 e. The molecule has 0 unspecified atom stereocenters. The van der Waals surface area contributed by atoms with Gasteiger partial charge in [-0.15, -0.1) is 0 Å². The van der Waals surface area contributed by atoms with Crippen molar-refractivity contribution in [3.63, 3.8) is 0 Å². The van der Waals surface area contributed by atoms with Crippen LogP contribution in [0.2, 0.25) is 0 Å². The number of non-ortho nitro benzene ring substituents is 1. The molecule has 1 aromatic heterocycles. The second-order valence-corrected chi connectivity index (χ2v) is 2.85. The number of rotatable bonds is 2. The Balaban J connectivity index is 2.72. The standard InChI is InChI=1S/C8H5N3O4/c12-8(13)7-5-3-4(11(14)15)1-2-6(5)9-10-7/h1-3H,(H,9,10)(H,12,13)/p-1. The second-order valence-electron chi connectivity index (χ2n) is 2.85. The van der Waals surface area contributed by atoms with Gasteiger partial charge >= 0.3 is 0 Å². The van der Waals surface area contributed by atoms with Gasteiger partial charge in [0.25, 0.3) is 5.69 Å². The zero-order valence-corrected chi connectivity index (χ0v) is 7.26. The molecule has 0 saturated heterocycles. The van der Waals surface area contributed by atoms with Crippen LogP contribution in [0.5, 0.6) is 0 Å². The molecular weight excluding hydrogens is 202 g/mol. The van der Waals surface area contributed by atoms with Crippen LogP contribution >= 0.6 is 0 Å². The van der Waals surface area contributed by atoms with Crippen LogP contribution in [0.1, 0.15) is 10.5 Å². The highest BCUT2D eigenvalue weighted by atomic mass is 16.6. The highest BCUT2D eigenvalue weighted by Gasteiger charge is 2.11. The third-order valence-electron chi connectivity index (χ3n) is 1.95. The van der Waals surface area contributed by atoms with Crippen molar-refractivity contribution in [2.24, 2.45) is 0 Å². The molecular formula is C8H4N3O4-. The predicted octanol–water partition coefficient (Wildman–Crippen LogP) is -0.165. The fourth-order valence-electron chi connectivity index (χ4n) is 1.27. The summed E-state index contributed by atoms with van der Waals surface area (Å²) in [6.07, 6.45) is 0. The Hall–Kier alpha value is -2.44. The lowest BCUT2D eigenvalue weighted by atomic mass is 10.2. The molecule has 0 amide bonds. The van der Waals surface area contributed by atoms with E-state index in [4.69, 9.17) is 0 Å². The minimum absolute atomic E-state index is 0.171. The molecule has 0 saturated carbocycles. The number of carbonyl (C=O) groups is 1. The zero-order valence-electron chi connectivity index (χ0n) is 7.26. The number of fused-ring (bicyclic) bond motifs is 1. The van der Waals surface area contributed by atoms with Crippen molar-refractivity contribution in [2.45, 2.75) is 0 Å². The first-order valence-corrected chi connectivity index (χ1v) is 3.93. The first-order valence-electron chi connectivity index (χ1n) is 3.93. The van der Waals surface area contributed by atoms with Crippen molar-refractivity contribution < 1.29 is 14.8 Å². The van der Waals surface area contributed by atoms with Gasteiger partial charge < -0.3 is 9.90 Å². The summed E-state index contributed by atoms with van der Waals surface area (Å²) in [5.41, 5.74) is -0.0973. The number of carboxylic acid groups (broad SMARTS) is 1. The average Bonchev–Trinajstić information content (AvgIpc) is 2.59. The van der Waals surface area contributed by atoms with Gasteiger partial charge in [0.1, 0.15) is 5.69 Å². The molecule has 1 N–H and O–H groups in total. The summed E-state index contributed by atoms with van der Waals surface area (Å²) >= 11 is 0. The van der Waals surface area contributed by atoms with Gasteiger partial charge in [-0.2, -0.15) is 5.10 Å². The molecule has 15 heavy (non-hydrogen) atoms. The number of carboxylic acids is 1. The van der Waals surface area contributed by atoms with Gasteiger partial charge in [0.2, 0.25) is 0 Å². The highest BCUT2D eigenvalue weighted by Crippen LogP contribution is 2.21. The molecule has 0 spiro atoms. The van der Waals surface area contributed by atoms with E-state index in [1.54, 1.807) is 0 Å². The summed E-state index contributed by atoms with van der Waals surface area (Å²) < 4.78 is 0. The second kappa shape index (κ2) is 3.05. The van der Waals surface area contributed by atoms with E-state index in [9.17, 15) is 20.0 Å². The van der Waals surface area contributed by atoms with Crippen LogP contribution in [0.15, 0.2) is 18.2 Å². The lowest BCUT2D eigenvalue weighted by molar-refractivity contribution is -0.384. The summed E-state index contributed by atoms with van der Waals surface area (Å²) in [5.74, 6) is -1.47. The number of nitrogens with one attached hydrogen (secondary N) is 1. The Morgan fingerprint density at radius 2 is 2.20 bits per heavy atom. The maximum Gasteiger partial charge on any atom is 0.270 e. The number of nitro groups is 1. The number of hydrogen-bond donors (Lipinski definition) is 1. The SMILES string of the molecule is O=C([O-])c1n[nH]c2ccc([N+](=O)[O-])cc12. The molecule has 2 aromatic rings. The molecule has 0 radical (unpaired) electrons. The number of aromatic carboxylic acids is 1. The van der Waals surface area contributed by atoms with E-state index in [2.05, 4.69) is 10.2 Å². The molecule has 2 rings (SSSR count). The molecule has 0 aliphatic heterocycles. The van der Waals surface area contributed by atoms with E-state index in [1.165, 1.54) is 12.1 Å². The van der Waals surface area contributed by atoms with Crippen LogP contribution < -0.4 is 5.11 Å². The number of hydrogen-bond acceptors (Lipinski definition) is 5. The quantitative estimate of drug-likeness (QED) is 0.541. The smallest absolute Gasteiger partial charge is 0.270 e. The molecule has 7 heteroatoms. The molecule has 0 aliphatic carbocycles. The maximum atomic E-state index is 10.6. The number of aromatic nitrogens is 2. The lowest BCUT2D eigenvalue weighted by Gasteiger charge is -1.96. The van der Waals surface area contributed by atoms with Crippen molar-refractivity contribution in [3.8, 4) is 0 Å². The van der Waals surface area contributed by atoms with Crippen LogP contribution in [0.3, 0.4) is 0 Å². The molecule has 76 valence electrons. The first-order chi connectivity index (χ1) is 7.09. The van der Waals surface area contributed by atoms with E-state index in [0.717, 1.165) is 6.07 Å². The van der Waals surface area contributed by atoms with Crippen molar-refractivity contribution in [1.29, 1.82) is 0 Å². The third-order valence-corrected chi connectivity index (χ3v) is 1.95. The van der Waals surface area contributed by atoms with Crippen LogP contribution in [-0.2, 0) is 0 Å². The Morgan fingerprint density at radius 3 is 2.80 bits per heavy atom. The lowest BCUT2D eigenvalue weighted by Crippen LogP contribution is -2.22. The summed E-state index contributed by atoms with van der Waals surface area (Å²) in [4.78, 5) is 20.4.